The first-order chi connectivity index (χ1) is 18.1. The van der Waals surface area contributed by atoms with Crippen molar-refractivity contribution in [1.82, 2.24) is 0 Å². The van der Waals surface area contributed by atoms with Crippen LogP contribution in [0.4, 0.5) is 0 Å². The Morgan fingerprint density at radius 2 is 1.69 bits per heavy atom. The first kappa shape index (κ1) is 28.0. The summed E-state index contributed by atoms with van der Waals surface area (Å²) in [6.45, 7) is 11.4. The SMILES string of the molecule is CCCC(=O)O[C@H]1C[C@@H](O)/C(C)=C\[C@@H]2OC(=O)[C@]3(C)O[C@]23[C@@H](OC(C)=O)[C@H]2[C@@]3(C)O[C@H]3C[C@H](OC(C)=O)[C@]12C. The Labute approximate surface area is 227 Å². The number of hydrogen-bond acceptors (Lipinski definition) is 11. The second-order valence-electron chi connectivity index (χ2n) is 12.1. The molecule has 4 fully saturated rings. The fourth-order valence-electron chi connectivity index (χ4n) is 7.48. The van der Waals surface area contributed by atoms with Crippen molar-refractivity contribution in [3.8, 4) is 0 Å². The Balaban J connectivity index is 1.76. The highest BCUT2D eigenvalue weighted by molar-refractivity contribution is 5.89. The highest BCUT2D eigenvalue weighted by atomic mass is 16.7. The van der Waals surface area contributed by atoms with E-state index in [1.807, 2.05) is 20.8 Å². The average Bonchev–Trinajstić information content (AvgIpc) is 3.66. The van der Waals surface area contributed by atoms with E-state index in [2.05, 4.69) is 0 Å². The molecule has 1 spiro atoms. The number of carbonyl (C=O) groups is 4. The molecule has 11 nitrogen and oxygen atoms in total. The number of aliphatic hydroxyl groups excluding tert-OH is 1. The lowest BCUT2D eigenvalue weighted by atomic mass is 9.53. The lowest BCUT2D eigenvalue weighted by Crippen LogP contribution is -2.66. The van der Waals surface area contributed by atoms with Crippen molar-refractivity contribution in [1.29, 1.82) is 0 Å². The van der Waals surface area contributed by atoms with E-state index in [1.54, 1.807) is 19.9 Å². The molecule has 3 saturated heterocycles. The predicted octanol–water partition coefficient (Wildman–Crippen LogP) is 1.91. The van der Waals surface area contributed by atoms with Crippen molar-refractivity contribution in [2.24, 2.45) is 11.3 Å². The van der Waals surface area contributed by atoms with Crippen LogP contribution in [0.5, 0.6) is 0 Å². The molecule has 0 unspecified atom stereocenters. The topological polar surface area (TPSA) is 150 Å². The minimum Gasteiger partial charge on any atom is -0.462 e. The van der Waals surface area contributed by atoms with Gasteiger partial charge in [0, 0.05) is 39.0 Å². The fraction of sp³-hybridized carbons (Fsp3) is 0.786. The summed E-state index contributed by atoms with van der Waals surface area (Å²) >= 11 is 0. The van der Waals surface area contributed by atoms with Gasteiger partial charge in [-0.05, 0) is 38.8 Å². The Morgan fingerprint density at radius 1 is 1.05 bits per heavy atom. The summed E-state index contributed by atoms with van der Waals surface area (Å²) < 4.78 is 36.2. The van der Waals surface area contributed by atoms with Gasteiger partial charge in [-0.1, -0.05) is 13.8 Å². The van der Waals surface area contributed by atoms with Crippen molar-refractivity contribution in [3.63, 3.8) is 0 Å². The van der Waals surface area contributed by atoms with Crippen LogP contribution in [-0.2, 0) is 47.6 Å². The summed E-state index contributed by atoms with van der Waals surface area (Å²) in [4.78, 5) is 51.0. The molecule has 0 aromatic carbocycles. The van der Waals surface area contributed by atoms with Crippen molar-refractivity contribution in [2.45, 2.75) is 128 Å². The third-order valence-corrected chi connectivity index (χ3v) is 9.64. The molecule has 11 atom stereocenters. The van der Waals surface area contributed by atoms with Gasteiger partial charge < -0.3 is 33.5 Å². The van der Waals surface area contributed by atoms with E-state index in [4.69, 9.17) is 28.4 Å². The molecule has 0 bridgehead atoms. The summed E-state index contributed by atoms with van der Waals surface area (Å²) in [7, 11) is 0. The number of esters is 4. The summed E-state index contributed by atoms with van der Waals surface area (Å²) in [6, 6.07) is 0. The van der Waals surface area contributed by atoms with Crippen molar-refractivity contribution < 1.29 is 52.7 Å². The number of ether oxygens (including phenoxy) is 6. The molecule has 39 heavy (non-hydrogen) atoms. The average molecular weight is 551 g/mol. The third kappa shape index (κ3) is 3.94. The maximum atomic E-state index is 13.1. The van der Waals surface area contributed by atoms with Gasteiger partial charge in [-0.15, -0.1) is 0 Å². The van der Waals surface area contributed by atoms with Crippen LogP contribution in [0.2, 0.25) is 0 Å². The van der Waals surface area contributed by atoms with Gasteiger partial charge >= 0.3 is 23.9 Å². The van der Waals surface area contributed by atoms with Gasteiger partial charge in [0.1, 0.15) is 18.3 Å². The molecule has 11 heteroatoms. The highest BCUT2D eigenvalue weighted by Crippen LogP contribution is 2.69. The summed E-state index contributed by atoms with van der Waals surface area (Å²) in [5, 5.41) is 11.3. The Morgan fingerprint density at radius 3 is 2.28 bits per heavy atom. The molecule has 216 valence electrons. The predicted molar refractivity (Wildman–Crippen MR) is 132 cm³/mol. The van der Waals surface area contributed by atoms with Crippen LogP contribution in [-0.4, -0.2) is 82.4 Å². The first-order valence-corrected chi connectivity index (χ1v) is 13.6. The number of fused-ring (bicyclic) bond motifs is 3. The maximum absolute atomic E-state index is 13.1. The van der Waals surface area contributed by atoms with Gasteiger partial charge in [0.05, 0.1) is 23.2 Å². The van der Waals surface area contributed by atoms with Gasteiger partial charge in [0.2, 0.25) is 0 Å². The molecule has 3 aliphatic heterocycles. The van der Waals surface area contributed by atoms with E-state index in [-0.39, 0.29) is 18.9 Å². The molecule has 3 heterocycles. The number of epoxide rings is 2. The van der Waals surface area contributed by atoms with Crippen LogP contribution < -0.4 is 0 Å². The zero-order chi connectivity index (χ0) is 28.7. The molecule has 2 aliphatic carbocycles. The second-order valence-corrected chi connectivity index (χ2v) is 12.1. The minimum atomic E-state index is -1.43. The smallest absolute Gasteiger partial charge is 0.342 e. The second kappa shape index (κ2) is 9.01. The molecule has 0 amide bonds. The number of rotatable bonds is 5. The summed E-state index contributed by atoms with van der Waals surface area (Å²) in [5.74, 6) is -3.01. The van der Waals surface area contributed by atoms with Gasteiger partial charge in [0.25, 0.3) is 0 Å². The van der Waals surface area contributed by atoms with Crippen molar-refractivity contribution in [3.05, 3.63) is 11.6 Å². The monoisotopic (exact) mass is 550 g/mol. The maximum Gasteiger partial charge on any atom is 0.342 e. The van der Waals surface area contributed by atoms with Crippen LogP contribution in [0, 0.1) is 11.3 Å². The van der Waals surface area contributed by atoms with Crippen LogP contribution in [0.3, 0.4) is 0 Å². The van der Waals surface area contributed by atoms with E-state index in [1.165, 1.54) is 13.8 Å². The molecule has 5 aliphatic rings. The third-order valence-electron chi connectivity index (χ3n) is 9.64. The molecule has 1 saturated carbocycles. The van der Waals surface area contributed by atoms with E-state index >= 15 is 0 Å². The lowest BCUT2D eigenvalue weighted by Gasteiger charge is -2.54. The first-order valence-electron chi connectivity index (χ1n) is 13.6. The quantitative estimate of drug-likeness (QED) is 0.231. The molecule has 1 N–H and O–H groups in total. The molecule has 5 rings (SSSR count). The van der Waals surface area contributed by atoms with Crippen molar-refractivity contribution in [2.75, 3.05) is 0 Å². The minimum absolute atomic E-state index is 0.0259. The van der Waals surface area contributed by atoms with E-state index in [0.29, 0.717) is 18.4 Å². The fourth-order valence-corrected chi connectivity index (χ4v) is 7.48. The molecule has 0 aromatic rings. The van der Waals surface area contributed by atoms with Gasteiger partial charge in [0.15, 0.2) is 17.3 Å². The van der Waals surface area contributed by atoms with Crippen molar-refractivity contribution >= 4 is 23.9 Å². The normalized spacial score (nSPS) is 49.0. The molecule has 0 radical (unpaired) electrons. The van der Waals surface area contributed by atoms with Crippen LogP contribution in [0.1, 0.15) is 74.1 Å². The van der Waals surface area contributed by atoms with Gasteiger partial charge in [-0.2, -0.15) is 0 Å². The Bertz CT molecular complexity index is 1130. The largest absolute Gasteiger partial charge is 0.462 e. The Hall–Kier alpha value is -2.50. The standard InChI is InChI=1S/C28H38O11/c1-8-9-21(32)36-17-11-16(31)13(2)10-20-28(27(7,39-28)24(33)37-20)23(35-15(4)30)22-25(17,5)18(34-14(3)29)12-19-26(22,6)38-19/h10,16-20,22-23,31H,8-9,11-12H2,1-7H3/b13-10-/t16-,17+,18+,19+,20+,22-,23+,25+,26+,27+,28+/m1/s1. The van der Waals surface area contributed by atoms with Crippen LogP contribution >= 0.6 is 0 Å². The van der Waals surface area contributed by atoms with Gasteiger partial charge in [-0.3, -0.25) is 14.4 Å². The highest BCUT2D eigenvalue weighted by Gasteiger charge is 2.89. The van der Waals surface area contributed by atoms with E-state index in [9.17, 15) is 24.3 Å². The number of aliphatic hydroxyl groups is 1. The number of hydrogen-bond donors (Lipinski definition) is 1. The summed E-state index contributed by atoms with van der Waals surface area (Å²) in [5.41, 5.74) is -4.52. The summed E-state index contributed by atoms with van der Waals surface area (Å²) in [6.07, 6.45) is -2.71. The molecular weight excluding hydrogens is 512 g/mol. The lowest BCUT2D eigenvalue weighted by molar-refractivity contribution is -0.215. The zero-order valence-corrected chi connectivity index (χ0v) is 23.5. The Kier molecular flexibility index (Phi) is 6.48. The van der Waals surface area contributed by atoms with E-state index in [0.717, 1.165) is 0 Å². The number of carbonyl (C=O) groups excluding carboxylic acids is 4. The zero-order valence-electron chi connectivity index (χ0n) is 23.5. The van der Waals surface area contributed by atoms with Crippen LogP contribution in [0.15, 0.2) is 11.6 Å². The molecule has 0 aromatic heterocycles. The molecular formula is C28H38O11. The van der Waals surface area contributed by atoms with Crippen LogP contribution in [0.25, 0.3) is 0 Å². The van der Waals surface area contributed by atoms with Gasteiger partial charge in [-0.25, -0.2) is 4.79 Å². The van der Waals surface area contributed by atoms with E-state index < -0.39 is 82.5 Å².